The van der Waals surface area contributed by atoms with E-state index in [4.69, 9.17) is 27.0 Å². The first kappa shape index (κ1) is 15.5. The third-order valence-corrected chi connectivity index (χ3v) is 3.81. The van der Waals surface area contributed by atoms with Gasteiger partial charge in [0, 0.05) is 22.9 Å². The Balaban J connectivity index is 2.25. The van der Waals surface area contributed by atoms with Gasteiger partial charge in [0.2, 0.25) is 9.05 Å². The summed E-state index contributed by atoms with van der Waals surface area (Å²) in [6, 6.07) is 1.68. The van der Waals surface area contributed by atoms with Gasteiger partial charge in [-0.05, 0) is 18.8 Å². The number of hydrogen-bond donors (Lipinski definition) is 0. The van der Waals surface area contributed by atoms with Gasteiger partial charge in [0.25, 0.3) is 0 Å². The molecule has 0 N–H and O–H groups in total. The average Bonchev–Trinajstić information content (AvgIpc) is 2.25. The second kappa shape index (κ2) is 7.16. The second-order valence-electron chi connectivity index (χ2n) is 4.11. The zero-order valence-electron chi connectivity index (χ0n) is 9.97. The molecule has 0 saturated carbocycles. The largest absolute Gasteiger partial charge is 0.492 e. The van der Waals surface area contributed by atoms with Crippen LogP contribution in [0.25, 0.3) is 0 Å². The summed E-state index contributed by atoms with van der Waals surface area (Å²) in [5.41, 5.74) is 0. The monoisotopic (exact) mass is 311 g/mol. The van der Waals surface area contributed by atoms with Crippen molar-refractivity contribution in [1.29, 1.82) is 0 Å². The molecule has 0 spiro atoms. The Bertz CT molecular complexity index is 479. The van der Waals surface area contributed by atoms with E-state index in [-0.39, 0.29) is 11.7 Å². The van der Waals surface area contributed by atoms with Crippen LogP contribution in [0, 0.1) is 5.92 Å². The van der Waals surface area contributed by atoms with Crippen LogP contribution in [0.3, 0.4) is 0 Å². The molecule has 0 radical (unpaired) electrons. The van der Waals surface area contributed by atoms with Crippen LogP contribution in [0.4, 0.5) is 0 Å². The van der Waals surface area contributed by atoms with E-state index in [1.165, 1.54) is 6.20 Å². The maximum absolute atomic E-state index is 10.8. The van der Waals surface area contributed by atoms with E-state index >= 15 is 0 Å². The first-order valence-electron chi connectivity index (χ1n) is 5.52. The number of nitrogens with zero attached hydrogens (tertiary/aromatic N) is 1. The zero-order chi connectivity index (χ0) is 13.6. The predicted molar refractivity (Wildman–Crippen MR) is 72.8 cm³/mol. The van der Waals surface area contributed by atoms with Crippen molar-refractivity contribution in [2.45, 2.75) is 19.8 Å². The van der Waals surface area contributed by atoms with E-state index in [2.05, 4.69) is 4.98 Å². The van der Waals surface area contributed by atoms with Gasteiger partial charge in [0.15, 0.2) is 0 Å². The first-order valence-corrected chi connectivity index (χ1v) is 8.38. The van der Waals surface area contributed by atoms with E-state index in [9.17, 15) is 8.42 Å². The van der Waals surface area contributed by atoms with Gasteiger partial charge in [-0.3, -0.25) is 4.98 Å². The third kappa shape index (κ3) is 7.03. The van der Waals surface area contributed by atoms with E-state index < -0.39 is 9.05 Å². The number of rotatable bonds is 7. The number of pyridine rings is 1. The van der Waals surface area contributed by atoms with Gasteiger partial charge in [-0.15, -0.1) is 0 Å². The van der Waals surface area contributed by atoms with Crippen LogP contribution in [0.1, 0.15) is 19.8 Å². The minimum absolute atomic E-state index is 0.00551. The van der Waals surface area contributed by atoms with Crippen LogP contribution >= 0.6 is 22.3 Å². The first-order chi connectivity index (χ1) is 8.37. The van der Waals surface area contributed by atoms with Gasteiger partial charge in [-0.2, -0.15) is 0 Å². The van der Waals surface area contributed by atoms with Gasteiger partial charge >= 0.3 is 0 Å². The molecule has 0 bridgehead atoms. The summed E-state index contributed by atoms with van der Waals surface area (Å²) >= 11 is 5.76. The van der Waals surface area contributed by atoms with Crippen LogP contribution < -0.4 is 4.74 Å². The Hall–Kier alpha value is -0.520. The van der Waals surface area contributed by atoms with Crippen LogP contribution in [-0.2, 0) is 9.05 Å². The highest BCUT2D eigenvalue weighted by molar-refractivity contribution is 8.13. The van der Waals surface area contributed by atoms with Gasteiger partial charge in [-0.1, -0.05) is 18.5 Å². The molecule has 0 aromatic carbocycles. The lowest BCUT2D eigenvalue weighted by Gasteiger charge is -2.11. The van der Waals surface area contributed by atoms with Gasteiger partial charge < -0.3 is 4.74 Å². The second-order valence-corrected chi connectivity index (χ2v) is 7.45. The minimum Gasteiger partial charge on any atom is -0.492 e. The fourth-order valence-electron chi connectivity index (χ4n) is 1.34. The minimum atomic E-state index is -3.40. The number of ether oxygens (including phenoxy) is 1. The lowest BCUT2D eigenvalue weighted by Crippen LogP contribution is -2.08. The molecule has 0 saturated heterocycles. The Labute approximate surface area is 117 Å². The molecule has 7 heteroatoms. The predicted octanol–water partition coefficient (Wildman–Crippen LogP) is 3.10. The summed E-state index contributed by atoms with van der Waals surface area (Å²) in [4.78, 5) is 3.90. The van der Waals surface area contributed by atoms with Crippen LogP contribution in [0.2, 0.25) is 5.02 Å². The fraction of sp³-hybridized carbons (Fsp3) is 0.545. The molecule has 1 atom stereocenters. The summed E-state index contributed by atoms with van der Waals surface area (Å²) in [5, 5.41) is 0.522. The number of halogens is 2. The number of aromatic nitrogens is 1. The van der Waals surface area contributed by atoms with Crippen molar-refractivity contribution in [3.63, 3.8) is 0 Å². The Morgan fingerprint density at radius 3 is 2.72 bits per heavy atom. The summed E-state index contributed by atoms with van der Waals surface area (Å²) in [6.45, 7) is 2.45. The molecule has 0 amide bonds. The van der Waals surface area contributed by atoms with Crippen molar-refractivity contribution >= 4 is 31.3 Å². The van der Waals surface area contributed by atoms with Crippen LogP contribution in [0.15, 0.2) is 18.5 Å². The molecule has 18 heavy (non-hydrogen) atoms. The van der Waals surface area contributed by atoms with Crippen LogP contribution in [-0.4, -0.2) is 25.8 Å². The molecule has 4 nitrogen and oxygen atoms in total. The van der Waals surface area contributed by atoms with Gasteiger partial charge in [0.1, 0.15) is 5.75 Å². The molecule has 1 aromatic rings. The molecular weight excluding hydrogens is 297 g/mol. The van der Waals surface area contributed by atoms with E-state index in [0.717, 1.165) is 6.42 Å². The Morgan fingerprint density at radius 2 is 2.11 bits per heavy atom. The summed E-state index contributed by atoms with van der Waals surface area (Å²) < 4.78 is 27.0. The van der Waals surface area contributed by atoms with Gasteiger partial charge in [-0.25, -0.2) is 8.42 Å². The zero-order valence-corrected chi connectivity index (χ0v) is 12.3. The number of hydrogen-bond acceptors (Lipinski definition) is 4. The molecular formula is C11H15Cl2NO3S. The quantitative estimate of drug-likeness (QED) is 0.726. The highest BCUT2D eigenvalue weighted by atomic mass is 35.7. The lowest BCUT2D eigenvalue weighted by molar-refractivity contribution is 0.281. The summed E-state index contributed by atoms with van der Waals surface area (Å²) in [5.74, 6) is 0.833. The smallest absolute Gasteiger partial charge is 0.232 e. The van der Waals surface area contributed by atoms with Crippen molar-refractivity contribution in [2.24, 2.45) is 5.92 Å². The third-order valence-electron chi connectivity index (χ3n) is 2.41. The topological polar surface area (TPSA) is 56.3 Å². The molecule has 1 rings (SSSR count). The van der Waals surface area contributed by atoms with E-state index in [0.29, 0.717) is 23.8 Å². The molecule has 0 aliphatic carbocycles. The van der Waals surface area contributed by atoms with Crippen molar-refractivity contribution in [3.05, 3.63) is 23.5 Å². The Kier molecular flexibility index (Phi) is 6.18. The van der Waals surface area contributed by atoms with Crippen molar-refractivity contribution in [2.75, 3.05) is 12.4 Å². The molecule has 1 aromatic heterocycles. The molecule has 102 valence electrons. The Morgan fingerprint density at radius 1 is 1.39 bits per heavy atom. The average molecular weight is 312 g/mol. The lowest BCUT2D eigenvalue weighted by atomic mass is 10.1. The molecule has 1 unspecified atom stereocenters. The van der Waals surface area contributed by atoms with Gasteiger partial charge in [0.05, 0.1) is 23.6 Å². The maximum Gasteiger partial charge on any atom is 0.232 e. The standard InChI is InChI=1S/C11H15Cl2NO3S/c1-9(3-5-18(13,15)16)2-4-17-11-6-10(12)7-14-8-11/h6-9H,2-5H2,1H3. The maximum atomic E-state index is 10.8. The summed E-state index contributed by atoms with van der Waals surface area (Å²) in [6.07, 6.45) is 4.39. The molecule has 1 heterocycles. The fourth-order valence-corrected chi connectivity index (χ4v) is 2.45. The van der Waals surface area contributed by atoms with E-state index in [1.807, 2.05) is 6.92 Å². The molecule has 0 aliphatic rings. The highest BCUT2D eigenvalue weighted by Crippen LogP contribution is 2.17. The van der Waals surface area contributed by atoms with Crippen molar-refractivity contribution in [3.8, 4) is 5.75 Å². The van der Waals surface area contributed by atoms with E-state index in [1.54, 1.807) is 12.3 Å². The molecule has 0 fully saturated rings. The van der Waals surface area contributed by atoms with Crippen LogP contribution in [0.5, 0.6) is 5.75 Å². The molecule has 0 aliphatic heterocycles. The SMILES string of the molecule is CC(CCOc1cncc(Cl)c1)CCS(=O)(=O)Cl. The van der Waals surface area contributed by atoms with Crippen molar-refractivity contribution < 1.29 is 13.2 Å². The highest BCUT2D eigenvalue weighted by Gasteiger charge is 2.09. The summed E-state index contributed by atoms with van der Waals surface area (Å²) in [7, 11) is 1.74. The normalized spacial score (nSPS) is 13.3. The van der Waals surface area contributed by atoms with Crippen molar-refractivity contribution in [1.82, 2.24) is 4.98 Å².